The Kier molecular flexibility index (Phi) is 2.55. The minimum Gasteiger partial charge on any atom is -0.329 e. The van der Waals surface area contributed by atoms with E-state index in [1.54, 1.807) is 0 Å². The topological polar surface area (TPSA) is 46.1 Å². The summed E-state index contributed by atoms with van der Waals surface area (Å²) >= 11 is 1.39. The predicted octanol–water partition coefficient (Wildman–Crippen LogP) is 1.95. The van der Waals surface area contributed by atoms with Gasteiger partial charge < -0.3 is 4.90 Å². The lowest BCUT2D eigenvalue weighted by Crippen LogP contribution is -2.50. The maximum Gasteiger partial charge on any atom is 0.257 e. The van der Waals surface area contributed by atoms with Crippen LogP contribution in [0.15, 0.2) is 11.4 Å². The van der Waals surface area contributed by atoms with Crippen molar-refractivity contribution in [3.8, 4) is 0 Å². The van der Waals surface area contributed by atoms with Gasteiger partial charge in [0.05, 0.1) is 17.8 Å². The van der Waals surface area contributed by atoms with Crippen LogP contribution in [-0.4, -0.2) is 39.0 Å². The zero-order chi connectivity index (χ0) is 12.9. The van der Waals surface area contributed by atoms with Crippen LogP contribution in [0.1, 0.15) is 28.9 Å². The Labute approximate surface area is 107 Å². The van der Waals surface area contributed by atoms with Crippen molar-refractivity contribution in [1.29, 1.82) is 0 Å². The van der Waals surface area contributed by atoms with Crippen LogP contribution < -0.4 is 0 Å². The van der Waals surface area contributed by atoms with Crippen molar-refractivity contribution in [1.82, 2.24) is 14.9 Å². The number of nitrogens with zero attached hydrogens (tertiary/aromatic N) is 3. The summed E-state index contributed by atoms with van der Waals surface area (Å²) < 4.78 is 25.7. The highest BCUT2D eigenvalue weighted by Crippen LogP contribution is 2.42. The molecule has 1 aliphatic carbocycles. The summed E-state index contributed by atoms with van der Waals surface area (Å²) in [6, 6.07) is -0.362. The summed E-state index contributed by atoms with van der Waals surface area (Å²) in [5.41, 5.74) is 1.09. The van der Waals surface area contributed by atoms with Gasteiger partial charge in [0.15, 0.2) is 5.16 Å². The van der Waals surface area contributed by atoms with E-state index in [2.05, 4.69) is 9.97 Å². The second-order valence-electron chi connectivity index (χ2n) is 4.57. The molecule has 1 amide bonds. The molecular formula is C11H11F2N3OS. The van der Waals surface area contributed by atoms with Gasteiger partial charge in [-0.2, -0.15) is 0 Å². The number of carbonyl (C=O) groups is 1. The molecule has 0 bridgehead atoms. The maximum atomic E-state index is 12.8. The Hall–Kier alpha value is -1.24. The van der Waals surface area contributed by atoms with Crippen molar-refractivity contribution in [2.24, 2.45) is 0 Å². The van der Waals surface area contributed by atoms with Crippen LogP contribution >= 0.6 is 11.8 Å². The fraction of sp³-hybridized carbons (Fsp3) is 0.545. The predicted molar refractivity (Wildman–Crippen MR) is 61.7 cm³/mol. The number of carbonyl (C=O) groups excluding carboxylic acids is 1. The lowest BCUT2D eigenvalue weighted by molar-refractivity contribution is -0.116. The van der Waals surface area contributed by atoms with E-state index in [1.165, 1.54) is 22.9 Å². The molecule has 3 rings (SSSR count). The van der Waals surface area contributed by atoms with Crippen LogP contribution in [0.25, 0.3) is 0 Å². The number of amides is 1. The third-order valence-corrected chi connectivity index (χ3v) is 3.91. The van der Waals surface area contributed by atoms with Crippen molar-refractivity contribution >= 4 is 17.7 Å². The SMILES string of the molecule is CSc1ncc2c(n1)CN(C1CC(F)(F)C1)C2=O. The number of fused-ring (bicyclic) bond motifs is 1. The molecule has 4 nitrogen and oxygen atoms in total. The molecular weight excluding hydrogens is 260 g/mol. The molecule has 18 heavy (non-hydrogen) atoms. The van der Waals surface area contributed by atoms with Crippen molar-refractivity contribution in [2.75, 3.05) is 6.26 Å². The van der Waals surface area contributed by atoms with Crippen molar-refractivity contribution in [3.05, 3.63) is 17.5 Å². The number of aromatic nitrogens is 2. The molecule has 0 unspecified atom stereocenters. The Balaban J connectivity index is 1.81. The molecule has 2 heterocycles. The van der Waals surface area contributed by atoms with E-state index in [-0.39, 0.29) is 24.8 Å². The van der Waals surface area contributed by atoms with E-state index in [0.29, 0.717) is 23.0 Å². The fourth-order valence-electron chi connectivity index (χ4n) is 2.33. The molecule has 0 N–H and O–H groups in total. The van der Waals surface area contributed by atoms with E-state index < -0.39 is 5.92 Å². The Bertz CT molecular complexity index is 515. The number of rotatable bonds is 2. The van der Waals surface area contributed by atoms with Gasteiger partial charge in [-0.15, -0.1) is 0 Å². The molecule has 1 fully saturated rings. The minimum absolute atomic E-state index is 0.224. The Morgan fingerprint density at radius 1 is 1.50 bits per heavy atom. The molecule has 0 radical (unpaired) electrons. The number of alkyl halides is 2. The number of thioether (sulfide) groups is 1. The summed E-state index contributed by atoms with van der Waals surface area (Å²) in [6.45, 7) is 0.324. The molecule has 0 saturated heterocycles. The summed E-state index contributed by atoms with van der Waals surface area (Å²) in [5.74, 6) is -2.84. The number of hydrogen-bond acceptors (Lipinski definition) is 4. The summed E-state index contributed by atoms with van der Waals surface area (Å²) in [7, 11) is 0. The molecule has 96 valence electrons. The van der Waals surface area contributed by atoms with Gasteiger partial charge in [0.2, 0.25) is 0 Å². The van der Waals surface area contributed by atoms with Gasteiger partial charge in [-0.05, 0) is 6.26 Å². The third kappa shape index (κ3) is 1.77. The van der Waals surface area contributed by atoms with Gasteiger partial charge in [-0.1, -0.05) is 11.8 Å². The summed E-state index contributed by atoms with van der Waals surface area (Å²) in [4.78, 5) is 21.8. The van der Waals surface area contributed by atoms with Crippen LogP contribution in [-0.2, 0) is 6.54 Å². The van der Waals surface area contributed by atoms with Gasteiger partial charge in [-0.3, -0.25) is 4.79 Å². The fourth-order valence-corrected chi connectivity index (χ4v) is 2.69. The molecule has 2 aliphatic rings. The van der Waals surface area contributed by atoms with E-state index >= 15 is 0 Å². The van der Waals surface area contributed by atoms with E-state index in [1.807, 2.05) is 6.26 Å². The minimum atomic E-state index is -2.62. The second kappa shape index (κ2) is 3.88. The molecule has 0 atom stereocenters. The second-order valence-corrected chi connectivity index (χ2v) is 5.34. The van der Waals surface area contributed by atoms with Crippen molar-refractivity contribution in [3.63, 3.8) is 0 Å². The standard InChI is InChI=1S/C11H11F2N3OS/c1-18-10-14-4-7-8(15-10)5-16(9(7)17)6-2-11(12,13)3-6/h4,6H,2-3,5H2,1H3. The van der Waals surface area contributed by atoms with Gasteiger partial charge in [0.25, 0.3) is 11.8 Å². The average molecular weight is 271 g/mol. The lowest BCUT2D eigenvalue weighted by atomic mass is 9.87. The smallest absolute Gasteiger partial charge is 0.257 e. The highest BCUT2D eigenvalue weighted by atomic mass is 32.2. The Morgan fingerprint density at radius 2 is 2.22 bits per heavy atom. The zero-order valence-corrected chi connectivity index (χ0v) is 10.5. The average Bonchev–Trinajstić information content (AvgIpc) is 2.63. The van der Waals surface area contributed by atoms with Crippen LogP contribution in [0, 0.1) is 0 Å². The lowest BCUT2D eigenvalue weighted by Gasteiger charge is -2.40. The molecule has 1 aliphatic heterocycles. The molecule has 1 aromatic rings. The monoisotopic (exact) mass is 271 g/mol. The van der Waals surface area contributed by atoms with Crippen LogP contribution in [0.3, 0.4) is 0 Å². The summed E-state index contributed by atoms with van der Waals surface area (Å²) in [6.07, 6.45) is 2.86. The zero-order valence-electron chi connectivity index (χ0n) is 9.69. The van der Waals surface area contributed by atoms with Crippen LogP contribution in [0.4, 0.5) is 8.78 Å². The Morgan fingerprint density at radius 3 is 2.83 bits per heavy atom. The number of hydrogen-bond donors (Lipinski definition) is 0. The van der Waals surface area contributed by atoms with Crippen LogP contribution in [0.5, 0.6) is 0 Å². The third-order valence-electron chi connectivity index (χ3n) is 3.35. The largest absolute Gasteiger partial charge is 0.329 e. The van der Waals surface area contributed by atoms with Gasteiger partial charge in [-0.25, -0.2) is 18.7 Å². The molecule has 1 saturated carbocycles. The highest BCUT2D eigenvalue weighted by Gasteiger charge is 2.50. The maximum absolute atomic E-state index is 12.8. The first-order valence-corrected chi connectivity index (χ1v) is 6.81. The molecule has 7 heteroatoms. The van der Waals surface area contributed by atoms with Gasteiger partial charge in [0.1, 0.15) is 0 Å². The molecule has 0 spiro atoms. The first-order valence-electron chi connectivity index (χ1n) is 5.59. The number of halogens is 2. The summed E-state index contributed by atoms with van der Waals surface area (Å²) in [5, 5.41) is 0.599. The normalized spacial score (nSPS) is 21.9. The first kappa shape index (κ1) is 11.8. The quantitative estimate of drug-likeness (QED) is 0.609. The molecule has 0 aromatic carbocycles. The van der Waals surface area contributed by atoms with E-state index in [9.17, 15) is 13.6 Å². The van der Waals surface area contributed by atoms with Crippen molar-refractivity contribution in [2.45, 2.75) is 36.5 Å². The van der Waals surface area contributed by atoms with Crippen molar-refractivity contribution < 1.29 is 13.6 Å². The highest BCUT2D eigenvalue weighted by molar-refractivity contribution is 7.98. The van der Waals surface area contributed by atoms with Gasteiger partial charge in [0, 0.05) is 25.1 Å². The first-order chi connectivity index (χ1) is 8.50. The van der Waals surface area contributed by atoms with Crippen LogP contribution in [0.2, 0.25) is 0 Å². The van der Waals surface area contributed by atoms with Gasteiger partial charge >= 0.3 is 0 Å². The van der Waals surface area contributed by atoms with E-state index in [0.717, 1.165) is 0 Å². The van der Waals surface area contributed by atoms with E-state index in [4.69, 9.17) is 0 Å². The molecule has 1 aromatic heterocycles.